The van der Waals surface area contributed by atoms with Crippen LogP contribution in [0.3, 0.4) is 0 Å². The van der Waals surface area contributed by atoms with Crippen molar-refractivity contribution in [1.29, 1.82) is 0 Å². The molecule has 0 saturated carbocycles. The summed E-state index contributed by atoms with van der Waals surface area (Å²) in [7, 11) is 0. The van der Waals surface area contributed by atoms with Crippen LogP contribution in [0.2, 0.25) is 0 Å². The van der Waals surface area contributed by atoms with Gasteiger partial charge in [-0.3, -0.25) is 9.59 Å². The van der Waals surface area contributed by atoms with Gasteiger partial charge in [-0.25, -0.2) is 0 Å². The molecule has 0 bridgehead atoms. The fraction of sp³-hybridized carbons (Fsp3) is 0.429. The Hall–Kier alpha value is -1.88. The monoisotopic (exact) mass is 259 g/mol. The van der Waals surface area contributed by atoms with Gasteiger partial charge < -0.3 is 15.5 Å². The molecule has 2 heterocycles. The molecule has 3 rings (SSSR count). The van der Waals surface area contributed by atoms with Gasteiger partial charge in [0.05, 0.1) is 0 Å². The minimum atomic E-state index is -0.0759. The summed E-state index contributed by atoms with van der Waals surface area (Å²) in [6.45, 7) is 3.31. The molecule has 2 aliphatic rings. The molecule has 5 heteroatoms. The predicted molar refractivity (Wildman–Crippen MR) is 70.6 cm³/mol. The zero-order valence-corrected chi connectivity index (χ0v) is 10.7. The van der Waals surface area contributed by atoms with Gasteiger partial charge in [0.2, 0.25) is 5.91 Å². The van der Waals surface area contributed by atoms with Crippen LogP contribution in [-0.2, 0) is 11.3 Å². The number of hydrogen-bond donors (Lipinski definition) is 2. The molecular weight excluding hydrogens is 242 g/mol. The molecule has 0 atom stereocenters. The lowest BCUT2D eigenvalue weighted by molar-refractivity contribution is -0.122. The maximum Gasteiger partial charge on any atom is 0.254 e. The third kappa shape index (κ3) is 2.46. The van der Waals surface area contributed by atoms with Gasteiger partial charge in [0.1, 0.15) is 6.54 Å². The largest absolute Gasteiger partial charge is 0.354 e. The number of amides is 2. The summed E-state index contributed by atoms with van der Waals surface area (Å²) in [6, 6.07) is 7.52. The first-order chi connectivity index (χ1) is 9.24. The Labute approximate surface area is 112 Å². The summed E-state index contributed by atoms with van der Waals surface area (Å²) in [4.78, 5) is 25.5. The Kier molecular flexibility index (Phi) is 3.21. The van der Waals surface area contributed by atoms with Crippen molar-refractivity contribution in [3.63, 3.8) is 0 Å². The number of benzene rings is 1. The Morgan fingerprint density at radius 3 is 2.84 bits per heavy atom. The molecule has 1 aromatic carbocycles. The third-order valence-electron chi connectivity index (χ3n) is 3.68. The van der Waals surface area contributed by atoms with Crippen LogP contribution in [0.15, 0.2) is 24.3 Å². The van der Waals surface area contributed by atoms with E-state index in [2.05, 4.69) is 10.6 Å². The van der Waals surface area contributed by atoms with E-state index in [4.69, 9.17) is 0 Å². The van der Waals surface area contributed by atoms with Crippen LogP contribution in [0.25, 0.3) is 0 Å². The number of nitrogens with zero attached hydrogens (tertiary/aromatic N) is 1. The zero-order valence-electron chi connectivity index (χ0n) is 10.7. The minimum Gasteiger partial charge on any atom is -0.354 e. The summed E-state index contributed by atoms with van der Waals surface area (Å²) in [6.07, 6.45) is 0. The van der Waals surface area contributed by atoms with Crippen molar-refractivity contribution in [2.45, 2.75) is 6.54 Å². The van der Waals surface area contributed by atoms with Crippen molar-refractivity contribution < 1.29 is 9.59 Å². The highest BCUT2D eigenvalue weighted by Gasteiger charge is 2.28. The van der Waals surface area contributed by atoms with Crippen molar-refractivity contribution >= 4 is 11.8 Å². The second kappa shape index (κ2) is 5.01. The van der Waals surface area contributed by atoms with Crippen LogP contribution in [0.1, 0.15) is 15.9 Å². The molecular formula is C14H17N3O2. The van der Waals surface area contributed by atoms with E-state index in [0.29, 0.717) is 19.0 Å². The van der Waals surface area contributed by atoms with E-state index in [1.165, 1.54) is 0 Å². The van der Waals surface area contributed by atoms with E-state index in [1.807, 2.05) is 24.3 Å². The maximum absolute atomic E-state index is 12.1. The fourth-order valence-corrected chi connectivity index (χ4v) is 2.42. The van der Waals surface area contributed by atoms with Gasteiger partial charge >= 0.3 is 0 Å². The van der Waals surface area contributed by atoms with Crippen molar-refractivity contribution in [1.82, 2.24) is 15.5 Å². The molecule has 0 spiro atoms. The van der Waals surface area contributed by atoms with Crippen LogP contribution in [0.4, 0.5) is 0 Å². The van der Waals surface area contributed by atoms with E-state index in [-0.39, 0.29) is 18.4 Å². The summed E-state index contributed by atoms with van der Waals surface area (Å²) >= 11 is 0. The van der Waals surface area contributed by atoms with Crippen molar-refractivity contribution in [3.05, 3.63) is 35.4 Å². The van der Waals surface area contributed by atoms with Gasteiger partial charge in [-0.1, -0.05) is 18.2 Å². The van der Waals surface area contributed by atoms with Gasteiger partial charge in [-0.2, -0.15) is 0 Å². The molecule has 2 N–H and O–H groups in total. The van der Waals surface area contributed by atoms with Gasteiger partial charge in [0.25, 0.3) is 5.91 Å². The highest BCUT2D eigenvalue weighted by atomic mass is 16.2. The lowest BCUT2D eigenvalue weighted by Gasteiger charge is -2.27. The van der Waals surface area contributed by atoms with Crippen LogP contribution in [0, 0.1) is 5.92 Å². The number of rotatable bonds is 4. The summed E-state index contributed by atoms with van der Waals surface area (Å²) < 4.78 is 0. The lowest BCUT2D eigenvalue weighted by atomic mass is 10.0. The van der Waals surface area contributed by atoms with Gasteiger partial charge in [0, 0.05) is 37.7 Å². The zero-order chi connectivity index (χ0) is 13.2. The van der Waals surface area contributed by atoms with Crippen molar-refractivity contribution in [2.75, 3.05) is 26.2 Å². The van der Waals surface area contributed by atoms with E-state index in [0.717, 1.165) is 24.2 Å². The van der Waals surface area contributed by atoms with Crippen LogP contribution in [0.5, 0.6) is 0 Å². The molecule has 0 radical (unpaired) electrons. The topological polar surface area (TPSA) is 61.4 Å². The van der Waals surface area contributed by atoms with E-state index >= 15 is 0 Å². The smallest absolute Gasteiger partial charge is 0.254 e. The average Bonchev–Trinajstić information content (AvgIpc) is 2.65. The lowest BCUT2D eigenvalue weighted by Crippen LogP contribution is -2.49. The molecule has 1 fully saturated rings. The number of carbonyl (C=O) groups is 2. The highest BCUT2D eigenvalue weighted by molar-refractivity contribution is 6.00. The molecule has 19 heavy (non-hydrogen) atoms. The van der Waals surface area contributed by atoms with Gasteiger partial charge in [0.15, 0.2) is 0 Å². The summed E-state index contributed by atoms with van der Waals surface area (Å²) in [5.41, 5.74) is 1.72. The van der Waals surface area contributed by atoms with E-state index < -0.39 is 0 Å². The number of nitrogens with one attached hydrogen (secondary N) is 2. The summed E-state index contributed by atoms with van der Waals surface area (Å²) in [5, 5.41) is 6.05. The van der Waals surface area contributed by atoms with Crippen LogP contribution in [-0.4, -0.2) is 42.9 Å². The molecule has 0 aromatic heterocycles. The Balaban J connectivity index is 1.53. The average molecular weight is 259 g/mol. The molecule has 0 unspecified atom stereocenters. The summed E-state index contributed by atoms with van der Waals surface area (Å²) in [5.74, 6) is 0.416. The Bertz CT molecular complexity index is 511. The van der Waals surface area contributed by atoms with Crippen molar-refractivity contribution in [3.8, 4) is 0 Å². The number of carbonyl (C=O) groups excluding carboxylic acids is 2. The molecule has 100 valence electrons. The third-order valence-corrected chi connectivity index (χ3v) is 3.68. The molecule has 1 saturated heterocycles. The van der Waals surface area contributed by atoms with Gasteiger partial charge in [-0.05, 0) is 11.6 Å². The quantitative estimate of drug-likeness (QED) is 0.799. The van der Waals surface area contributed by atoms with Crippen molar-refractivity contribution in [2.24, 2.45) is 5.92 Å². The van der Waals surface area contributed by atoms with E-state index in [9.17, 15) is 9.59 Å². The van der Waals surface area contributed by atoms with E-state index in [1.54, 1.807) is 4.90 Å². The Morgan fingerprint density at radius 1 is 1.37 bits per heavy atom. The van der Waals surface area contributed by atoms with Crippen LogP contribution < -0.4 is 10.6 Å². The predicted octanol–water partition coefficient (Wildman–Crippen LogP) is -0.0220. The minimum absolute atomic E-state index is 0.0453. The first kappa shape index (κ1) is 12.2. The standard InChI is InChI=1S/C14H17N3O2/c18-13(16-7-10-5-15-6-10)9-17-8-11-3-1-2-4-12(11)14(17)19/h1-4,10,15H,5-9H2,(H,16,18). The molecule has 0 aliphatic carbocycles. The second-order valence-electron chi connectivity index (χ2n) is 5.15. The number of hydrogen-bond acceptors (Lipinski definition) is 3. The molecule has 5 nitrogen and oxygen atoms in total. The highest BCUT2D eigenvalue weighted by Crippen LogP contribution is 2.21. The maximum atomic E-state index is 12.1. The fourth-order valence-electron chi connectivity index (χ4n) is 2.42. The molecule has 2 aliphatic heterocycles. The Morgan fingerprint density at radius 2 is 2.16 bits per heavy atom. The first-order valence-electron chi connectivity index (χ1n) is 6.58. The van der Waals surface area contributed by atoms with Gasteiger partial charge in [-0.15, -0.1) is 0 Å². The molecule has 2 amide bonds. The second-order valence-corrected chi connectivity index (χ2v) is 5.15. The number of fused-ring (bicyclic) bond motifs is 1. The first-order valence-corrected chi connectivity index (χ1v) is 6.58. The normalized spacial score (nSPS) is 18.1. The SMILES string of the molecule is O=C(CN1Cc2ccccc2C1=O)NCC1CNC1. The molecule has 1 aromatic rings. The van der Waals surface area contributed by atoms with Crippen LogP contribution >= 0.6 is 0 Å².